The van der Waals surface area contributed by atoms with Crippen LogP contribution in [0.5, 0.6) is 0 Å². The number of benzene rings is 1. The molecule has 0 aliphatic carbocycles. The Morgan fingerprint density at radius 1 is 1.40 bits per heavy atom. The summed E-state index contributed by atoms with van der Waals surface area (Å²) < 4.78 is 13.9. The van der Waals surface area contributed by atoms with Crippen LogP contribution in [-0.4, -0.2) is 30.1 Å². The molecule has 1 N–H and O–H groups in total. The number of nitrogens with one attached hydrogen (secondary N) is 1. The monoisotopic (exact) mass is 298 g/mol. The number of nitrogens with zero attached hydrogens (tertiary/aromatic N) is 1. The van der Waals surface area contributed by atoms with Crippen molar-refractivity contribution in [1.82, 2.24) is 10.2 Å². The molecule has 1 heterocycles. The van der Waals surface area contributed by atoms with Gasteiger partial charge in [-0.3, -0.25) is 4.90 Å². The van der Waals surface area contributed by atoms with Gasteiger partial charge < -0.3 is 5.32 Å². The molecule has 0 spiro atoms. The summed E-state index contributed by atoms with van der Waals surface area (Å²) >= 11 is 6.14. The van der Waals surface area contributed by atoms with E-state index in [4.69, 9.17) is 11.6 Å². The number of hydrogen-bond donors (Lipinski definition) is 1. The van der Waals surface area contributed by atoms with E-state index in [-0.39, 0.29) is 5.82 Å². The zero-order valence-electron chi connectivity index (χ0n) is 12.3. The molecule has 0 aromatic heterocycles. The van der Waals surface area contributed by atoms with Crippen LogP contribution in [0.2, 0.25) is 5.02 Å². The Hall–Kier alpha value is -0.640. The first-order valence-electron chi connectivity index (χ1n) is 7.48. The second-order valence-corrected chi connectivity index (χ2v) is 6.28. The predicted molar refractivity (Wildman–Crippen MR) is 82.6 cm³/mol. The predicted octanol–water partition coefficient (Wildman–Crippen LogP) is 3.83. The quantitative estimate of drug-likeness (QED) is 0.889. The molecule has 0 amide bonds. The third-order valence-corrected chi connectivity index (χ3v) is 4.37. The highest BCUT2D eigenvalue weighted by Gasteiger charge is 2.20. The summed E-state index contributed by atoms with van der Waals surface area (Å²) in [6.07, 6.45) is 3.75. The topological polar surface area (TPSA) is 15.3 Å². The lowest BCUT2D eigenvalue weighted by molar-refractivity contribution is 0.175. The number of rotatable bonds is 5. The third kappa shape index (κ3) is 4.18. The highest BCUT2D eigenvalue weighted by molar-refractivity contribution is 6.31. The minimum absolute atomic E-state index is 0.209. The fourth-order valence-electron chi connectivity index (χ4n) is 2.71. The largest absolute Gasteiger partial charge is 0.313 e. The van der Waals surface area contributed by atoms with Crippen molar-refractivity contribution in [2.45, 2.75) is 51.7 Å². The molecule has 1 unspecified atom stereocenters. The maximum atomic E-state index is 13.9. The van der Waals surface area contributed by atoms with E-state index >= 15 is 0 Å². The molecular formula is C16H24ClFN2. The van der Waals surface area contributed by atoms with Crippen LogP contribution in [0.1, 0.15) is 38.7 Å². The Balaban J connectivity index is 2.05. The first-order chi connectivity index (χ1) is 9.58. The van der Waals surface area contributed by atoms with Gasteiger partial charge in [-0.05, 0) is 45.4 Å². The molecule has 1 fully saturated rings. The van der Waals surface area contributed by atoms with E-state index in [9.17, 15) is 4.39 Å². The van der Waals surface area contributed by atoms with E-state index in [0.717, 1.165) is 13.1 Å². The Bertz CT molecular complexity index is 410. The summed E-state index contributed by atoms with van der Waals surface area (Å²) in [5.41, 5.74) is 0.610. The van der Waals surface area contributed by atoms with Gasteiger partial charge in [0.2, 0.25) is 0 Å². The van der Waals surface area contributed by atoms with Crippen molar-refractivity contribution in [3.8, 4) is 0 Å². The first-order valence-corrected chi connectivity index (χ1v) is 7.86. The lowest BCUT2D eigenvalue weighted by atomic mass is 10.0. The van der Waals surface area contributed by atoms with Crippen LogP contribution in [0.3, 0.4) is 0 Å². The van der Waals surface area contributed by atoms with E-state index in [0.29, 0.717) is 29.2 Å². The molecular weight excluding hydrogens is 275 g/mol. The normalized spacial score (nSPS) is 19.8. The molecule has 0 bridgehead atoms. The Morgan fingerprint density at radius 2 is 2.20 bits per heavy atom. The lowest BCUT2D eigenvalue weighted by Crippen LogP contribution is -2.45. The average Bonchev–Trinajstić information content (AvgIpc) is 2.42. The fraction of sp³-hybridized carbons (Fsp3) is 0.625. The van der Waals surface area contributed by atoms with Gasteiger partial charge in [0.05, 0.1) is 0 Å². The fourth-order valence-corrected chi connectivity index (χ4v) is 2.93. The molecule has 0 saturated carbocycles. The second-order valence-electron chi connectivity index (χ2n) is 5.87. The molecule has 4 heteroatoms. The van der Waals surface area contributed by atoms with Crippen LogP contribution < -0.4 is 5.32 Å². The molecule has 1 aromatic carbocycles. The summed E-state index contributed by atoms with van der Waals surface area (Å²) in [6, 6.07) is 5.78. The SMILES string of the molecule is CC(C)N(Cc1c(F)cccc1Cl)CC1CCCCN1. The van der Waals surface area contributed by atoms with Crippen LogP contribution >= 0.6 is 11.6 Å². The molecule has 1 atom stereocenters. The zero-order chi connectivity index (χ0) is 14.5. The van der Waals surface area contributed by atoms with Crippen LogP contribution in [0, 0.1) is 5.82 Å². The number of piperidine rings is 1. The minimum Gasteiger partial charge on any atom is -0.313 e. The van der Waals surface area contributed by atoms with Gasteiger partial charge in [-0.2, -0.15) is 0 Å². The Morgan fingerprint density at radius 3 is 2.80 bits per heavy atom. The van der Waals surface area contributed by atoms with Crippen molar-refractivity contribution in [1.29, 1.82) is 0 Å². The molecule has 2 nitrogen and oxygen atoms in total. The summed E-state index contributed by atoms with van der Waals surface area (Å²) in [6.45, 7) is 6.91. The lowest BCUT2D eigenvalue weighted by Gasteiger charge is -2.33. The summed E-state index contributed by atoms with van der Waals surface area (Å²) in [5.74, 6) is -0.209. The smallest absolute Gasteiger partial charge is 0.129 e. The van der Waals surface area contributed by atoms with Crippen molar-refractivity contribution in [3.63, 3.8) is 0 Å². The Kier molecular flexibility index (Phi) is 5.82. The molecule has 112 valence electrons. The number of hydrogen-bond acceptors (Lipinski definition) is 2. The summed E-state index contributed by atoms with van der Waals surface area (Å²) in [5, 5.41) is 4.07. The maximum Gasteiger partial charge on any atom is 0.129 e. The van der Waals surface area contributed by atoms with Crippen LogP contribution in [-0.2, 0) is 6.54 Å². The van der Waals surface area contributed by atoms with Gasteiger partial charge in [0.25, 0.3) is 0 Å². The van der Waals surface area contributed by atoms with Crippen molar-refractivity contribution in [2.75, 3.05) is 13.1 Å². The van der Waals surface area contributed by atoms with Gasteiger partial charge >= 0.3 is 0 Å². The Labute approximate surface area is 126 Å². The van der Waals surface area contributed by atoms with Gasteiger partial charge in [0.1, 0.15) is 5.82 Å². The van der Waals surface area contributed by atoms with Crippen LogP contribution in [0.25, 0.3) is 0 Å². The molecule has 20 heavy (non-hydrogen) atoms. The van der Waals surface area contributed by atoms with Crippen molar-refractivity contribution >= 4 is 11.6 Å². The molecule has 0 radical (unpaired) electrons. The van der Waals surface area contributed by atoms with E-state index < -0.39 is 0 Å². The van der Waals surface area contributed by atoms with Crippen LogP contribution in [0.4, 0.5) is 4.39 Å². The van der Waals surface area contributed by atoms with Gasteiger partial charge in [0.15, 0.2) is 0 Å². The molecule has 1 aromatic rings. The minimum atomic E-state index is -0.209. The van der Waals surface area contributed by atoms with Crippen molar-refractivity contribution in [2.24, 2.45) is 0 Å². The van der Waals surface area contributed by atoms with E-state index in [1.54, 1.807) is 12.1 Å². The van der Waals surface area contributed by atoms with Crippen LogP contribution in [0.15, 0.2) is 18.2 Å². The zero-order valence-corrected chi connectivity index (χ0v) is 13.1. The van der Waals surface area contributed by atoms with Gasteiger partial charge in [-0.15, -0.1) is 0 Å². The highest BCUT2D eigenvalue weighted by atomic mass is 35.5. The number of halogens is 2. The van der Waals surface area contributed by atoms with E-state index in [2.05, 4.69) is 24.1 Å². The summed E-state index contributed by atoms with van der Waals surface area (Å²) in [4.78, 5) is 2.30. The highest BCUT2D eigenvalue weighted by Crippen LogP contribution is 2.22. The van der Waals surface area contributed by atoms with E-state index in [1.807, 2.05) is 0 Å². The van der Waals surface area contributed by atoms with Gasteiger partial charge in [0, 0.05) is 35.8 Å². The average molecular weight is 299 g/mol. The molecule has 1 aliphatic heterocycles. The standard InChI is InChI=1S/C16H24ClFN2/c1-12(2)20(10-13-6-3-4-9-19-13)11-14-15(17)7-5-8-16(14)18/h5,7-8,12-13,19H,3-4,6,9-11H2,1-2H3. The van der Waals surface area contributed by atoms with Gasteiger partial charge in [-0.25, -0.2) is 4.39 Å². The second kappa shape index (κ2) is 7.39. The molecule has 1 saturated heterocycles. The molecule has 2 rings (SSSR count). The van der Waals surface area contributed by atoms with E-state index in [1.165, 1.54) is 25.3 Å². The summed E-state index contributed by atoms with van der Waals surface area (Å²) in [7, 11) is 0. The third-order valence-electron chi connectivity index (χ3n) is 4.02. The van der Waals surface area contributed by atoms with Crippen molar-refractivity contribution in [3.05, 3.63) is 34.6 Å². The first kappa shape index (κ1) is 15.7. The van der Waals surface area contributed by atoms with Crippen molar-refractivity contribution < 1.29 is 4.39 Å². The maximum absolute atomic E-state index is 13.9. The van der Waals surface area contributed by atoms with Gasteiger partial charge in [-0.1, -0.05) is 24.1 Å². The molecule has 1 aliphatic rings.